The fourth-order valence-corrected chi connectivity index (χ4v) is 4.78. The monoisotopic (exact) mass is 583 g/mol. The zero-order chi connectivity index (χ0) is 29.8. The summed E-state index contributed by atoms with van der Waals surface area (Å²) in [4.78, 5) is 36.1. The first kappa shape index (κ1) is 30.5. The van der Waals surface area contributed by atoms with Gasteiger partial charge in [-0.15, -0.1) is 0 Å². The number of benzene rings is 1. The van der Waals surface area contributed by atoms with Crippen molar-refractivity contribution < 1.29 is 41.8 Å². The highest BCUT2D eigenvalue weighted by Gasteiger charge is 2.44. The summed E-state index contributed by atoms with van der Waals surface area (Å²) in [5.74, 6) is -3.44. The number of carbonyl (C=O) groups excluding carboxylic acids is 2. The fraction of sp³-hybridized carbons (Fsp3) is 0.400. The van der Waals surface area contributed by atoms with Gasteiger partial charge in [-0.1, -0.05) is 23.7 Å². The lowest BCUT2D eigenvalue weighted by Gasteiger charge is -2.45. The summed E-state index contributed by atoms with van der Waals surface area (Å²) in [6.45, 7) is 4.33. The van der Waals surface area contributed by atoms with Crippen molar-refractivity contribution in [3.63, 3.8) is 0 Å². The van der Waals surface area contributed by atoms with Crippen LogP contribution in [0, 0.1) is 16.7 Å². The summed E-state index contributed by atoms with van der Waals surface area (Å²) in [5.41, 5.74) is -0.0215. The van der Waals surface area contributed by atoms with E-state index in [1.54, 1.807) is 18.2 Å². The summed E-state index contributed by atoms with van der Waals surface area (Å²) < 4.78 is 42.5. The number of furan rings is 1. The predicted molar refractivity (Wildman–Crippen MR) is 135 cm³/mol. The Kier molecular flexibility index (Phi) is 9.11. The fourth-order valence-electron chi connectivity index (χ4n) is 4.39. The molecule has 2 amide bonds. The van der Waals surface area contributed by atoms with Crippen LogP contribution in [0.1, 0.15) is 55.0 Å². The Morgan fingerprint density at radius 2 is 2.00 bits per heavy atom. The van der Waals surface area contributed by atoms with E-state index in [1.165, 1.54) is 17.0 Å². The Balaban J connectivity index is 0.000000559. The largest absolute Gasteiger partial charge is 0.490 e. The number of carboxylic acids is 1. The van der Waals surface area contributed by atoms with Gasteiger partial charge >= 0.3 is 12.1 Å². The van der Waals surface area contributed by atoms with Crippen LogP contribution in [0.15, 0.2) is 34.7 Å². The lowest BCUT2D eigenvalue weighted by atomic mass is 9.85. The molecule has 40 heavy (non-hydrogen) atoms. The van der Waals surface area contributed by atoms with Crippen molar-refractivity contribution in [2.75, 3.05) is 11.9 Å². The molecule has 3 heterocycles. The molecule has 2 aromatic rings. The molecule has 3 atom stereocenters. The number of aliphatic carboxylic acids is 1. The first-order valence-corrected chi connectivity index (χ1v) is 12.2. The Morgan fingerprint density at radius 1 is 1.32 bits per heavy atom. The summed E-state index contributed by atoms with van der Waals surface area (Å²) in [7, 11) is 0. The lowest BCUT2D eigenvalue weighted by Crippen LogP contribution is -2.63. The van der Waals surface area contributed by atoms with Gasteiger partial charge in [0.05, 0.1) is 28.8 Å². The van der Waals surface area contributed by atoms with E-state index in [1.807, 2.05) is 19.9 Å². The standard InChI is InChI=1S/C23H24ClN5O4.C2HF3O2/c1-13-10-14(8-9-32-13)29-19(30)11-23(2,28-22(29)26)16-4-3-5-17(20(16)24)27-21(31)18-7-6-15(12-25)33-18;3-2(4,5)1(6)7/h3-7,13-14H,8-11H2,1-2H3,(H2,26,28)(H,27,31);(H,6,7)/t13-,14-,23+;/m1./s1. The maximum Gasteiger partial charge on any atom is 0.490 e. The number of carbonyl (C=O) groups is 3. The Bertz CT molecular complexity index is 1340. The molecule has 4 rings (SSSR count). The molecule has 0 bridgehead atoms. The van der Waals surface area contributed by atoms with Crippen molar-refractivity contribution in [3.05, 3.63) is 52.4 Å². The number of hydrogen-bond donors (Lipinski definition) is 4. The van der Waals surface area contributed by atoms with E-state index in [2.05, 4.69) is 10.6 Å². The van der Waals surface area contributed by atoms with E-state index in [0.717, 1.165) is 0 Å². The van der Waals surface area contributed by atoms with Crippen LogP contribution in [0.2, 0.25) is 5.02 Å². The van der Waals surface area contributed by atoms with Gasteiger partial charge in [-0.3, -0.25) is 19.9 Å². The molecule has 11 nitrogen and oxygen atoms in total. The minimum Gasteiger partial charge on any atom is -0.475 e. The first-order valence-electron chi connectivity index (χ1n) is 11.9. The van der Waals surface area contributed by atoms with Crippen LogP contribution in [0.4, 0.5) is 18.9 Å². The van der Waals surface area contributed by atoms with Crippen molar-refractivity contribution in [2.24, 2.45) is 0 Å². The molecular weight excluding hydrogens is 559 g/mol. The normalized spacial score (nSPS) is 22.9. The number of rotatable bonds is 4. The summed E-state index contributed by atoms with van der Waals surface area (Å²) in [5, 5.41) is 30.7. The molecule has 214 valence electrons. The lowest BCUT2D eigenvalue weighted by molar-refractivity contribution is -0.192. The molecule has 2 saturated heterocycles. The van der Waals surface area contributed by atoms with Crippen LogP contribution < -0.4 is 10.6 Å². The van der Waals surface area contributed by atoms with Crippen LogP contribution in [-0.4, -0.2) is 58.7 Å². The smallest absolute Gasteiger partial charge is 0.475 e. The Hall–Kier alpha value is -4.09. The number of alkyl halides is 3. The number of ether oxygens (including phenoxy) is 1. The molecule has 15 heteroatoms. The number of amides is 2. The number of nitrogens with one attached hydrogen (secondary N) is 3. The molecule has 0 radical (unpaired) electrons. The average molecular weight is 584 g/mol. The van der Waals surface area contributed by atoms with Gasteiger partial charge in [0.1, 0.15) is 6.07 Å². The van der Waals surface area contributed by atoms with Gasteiger partial charge < -0.3 is 24.9 Å². The molecule has 1 aromatic carbocycles. The van der Waals surface area contributed by atoms with E-state index in [4.69, 9.17) is 41.3 Å². The molecule has 4 N–H and O–H groups in total. The predicted octanol–water partition coefficient (Wildman–Crippen LogP) is 4.23. The van der Waals surface area contributed by atoms with Crippen LogP contribution in [-0.2, 0) is 19.9 Å². The Labute approximate surface area is 231 Å². The van der Waals surface area contributed by atoms with E-state index in [0.29, 0.717) is 30.7 Å². The molecule has 0 spiro atoms. The quantitative estimate of drug-likeness (QED) is 0.414. The van der Waals surface area contributed by atoms with Crippen molar-refractivity contribution in [2.45, 2.75) is 57.0 Å². The first-order chi connectivity index (χ1) is 18.7. The number of nitrogens with zero attached hydrogens (tertiary/aromatic N) is 2. The molecular formula is C25H25ClF3N5O6. The van der Waals surface area contributed by atoms with Crippen molar-refractivity contribution in [1.29, 1.82) is 10.7 Å². The third-order valence-electron chi connectivity index (χ3n) is 6.26. The van der Waals surface area contributed by atoms with E-state index in [9.17, 15) is 22.8 Å². The van der Waals surface area contributed by atoms with E-state index < -0.39 is 23.6 Å². The second-order valence-corrected chi connectivity index (χ2v) is 9.68. The number of nitriles is 1. The summed E-state index contributed by atoms with van der Waals surface area (Å²) in [6.07, 6.45) is -3.60. The minimum atomic E-state index is -5.08. The maximum absolute atomic E-state index is 13.1. The molecule has 1 aromatic heterocycles. The van der Waals surface area contributed by atoms with Gasteiger partial charge in [-0.25, -0.2) is 4.79 Å². The highest BCUT2D eigenvalue weighted by molar-refractivity contribution is 6.35. The van der Waals surface area contributed by atoms with Crippen molar-refractivity contribution in [3.8, 4) is 6.07 Å². The van der Waals surface area contributed by atoms with Gasteiger partial charge in [0, 0.05) is 12.6 Å². The third-order valence-corrected chi connectivity index (χ3v) is 6.66. The maximum atomic E-state index is 13.1. The Morgan fingerprint density at radius 3 is 2.55 bits per heavy atom. The second kappa shape index (κ2) is 12.0. The van der Waals surface area contributed by atoms with E-state index >= 15 is 0 Å². The molecule has 2 fully saturated rings. The zero-order valence-corrected chi connectivity index (χ0v) is 22.0. The molecule has 0 unspecified atom stereocenters. The number of halogens is 4. The number of guanidine groups is 1. The van der Waals surface area contributed by atoms with Gasteiger partial charge in [-0.2, -0.15) is 18.4 Å². The summed E-state index contributed by atoms with van der Waals surface area (Å²) in [6, 6.07) is 9.66. The zero-order valence-electron chi connectivity index (χ0n) is 21.3. The molecule has 0 aliphatic carbocycles. The molecule has 2 aliphatic heterocycles. The minimum absolute atomic E-state index is 0.0201. The summed E-state index contributed by atoms with van der Waals surface area (Å²) >= 11 is 6.65. The number of anilines is 1. The van der Waals surface area contributed by atoms with Gasteiger partial charge in [0.25, 0.3) is 5.91 Å². The van der Waals surface area contributed by atoms with Crippen LogP contribution in [0.5, 0.6) is 0 Å². The van der Waals surface area contributed by atoms with Crippen molar-refractivity contribution >= 4 is 41.0 Å². The van der Waals surface area contributed by atoms with Gasteiger partial charge in [0.15, 0.2) is 11.7 Å². The van der Waals surface area contributed by atoms with Gasteiger partial charge in [0.2, 0.25) is 11.7 Å². The number of carboxylic acid groups (broad SMARTS) is 1. The highest BCUT2D eigenvalue weighted by atomic mass is 35.5. The van der Waals surface area contributed by atoms with Crippen LogP contribution in [0.3, 0.4) is 0 Å². The molecule has 2 aliphatic rings. The van der Waals surface area contributed by atoms with Crippen molar-refractivity contribution in [1.82, 2.24) is 10.2 Å². The average Bonchev–Trinajstić information content (AvgIpc) is 3.34. The van der Waals surface area contributed by atoms with Gasteiger partial charge in [-0.05, 0) is 50.5 Å². The highest BCUT2D eigenvalue weighted by Crippen LogP contribution is 2.38. The third kappa shape index (κ3) is 6.91. The van der Waals surface area contributed by atoms with Crippen LogP contribution in [0.25, 0.3) is 0 Å². The topological polar surface area (TPSA) is 169 Å². The second-order valence-electron chi connectivity index (χ2n) is 9.31. The van der Waals surface area contributed by atoms with E-state index in [-0.39, 0.29) is 47.0 Å². The SMILES string of the molecule is C[C@@H]1C[C@H](N2C(=N)N[C@](C)(c3cccc(NC(=O)c4ccc(C#N)o4)c3Cl)CC2=O)CCO1.O=C(O)C(F)(F)F. The number of hydrogen-bond acceptors (Lipinski definition) is 7. The molecule has 0 saturated carbocycles. The van der Waals surface area contributed by atoms with Crippen LogP contribution >= 0.6 is 11.6 Å².